The molecule has 4 heteroatoms. The summed E-state index contributed by atoms with van der Waals surface area (Å²) in [7, 11) is 0. The number of carbonyl (C=O) groups is 1. The third kappa shape index (κ3) is 3.29. The number of Topliss-reactive ketones (excluding diaryl/α,β-unsaturated/α-hetero) is 1. The summed E-state index contributed by atoms with van der Waals surface area (Å²) in [5, 5.41) is 0. The topological polar surface area (TPSA) is 26.3 Å². The zero-order valence-electron chi connectivity index (χ0n) is 11.8. The number of benzene rings is 1. The van der Waals surface area contributed by atoms with Crippen LogP contribution in [0.15, 0.2) is 22.7 Å². The molecule has 0 spiro atoms. The molecule has 1 aliphatic rings. The fraction of sp³-hybridized carbons (Fsp3) is 0.562. The van der Waals surface area contributed by atoms with Crippen molar-refractivity contribution in [1.29, 1.82) is 0 Å². The third-order valence-corrected chi connectivity index (χ3v) is 4.41. The Kier molecular flexibility index (Phi) is 5.33. The molecule has 1 aromatic rings. The third-order valence-electron chi connectivity index (χ3n) is 3.92. The van der Waals surface area contributed by atoms with Gasteiger partial charge in [-0.15, -0.1) is 0 Å². The summed E-state index contributed by atoms with van der Waals surface area (Å²) < 4.78 is 20.5. The number of hydrogen-bond acceptors (Lipinski definition) is 2. The molecule has 0 atom stereocenters. The Morgan fingerprint density at radius 3 is 2.55 bits per heavy atom. The number of halogens is 2. The van der Waals surface area contributed by atoms with Gasteiger partial charge in [-0.1, -0.05) is 41.6 Å². The fourth-order valence-corrected chi connectivity index (χ4v) is 3.29. The van der Waals surface area contributed by atoms with Gasteiger partial charge in [0.2, 0.25) is 0 Å². The molecule has 0 amide bonds. The van der Waals surface area contributed by atoms with Crippen molar-refractivity contribution >= 4 is 21.7 Å². The molecule has 1 fully saturated rings. The van der Waals surface area contributed by atoms with Crippen LogP contribution in [0.4, 0.5) is 4.39 Å². The summed E-state index contributed by atoms with van der Waals surface area (Å²) >= 11 is 3.30. The van der Waals surface area contributed by atoms with Gasteiger partial charge in [0.25, 0.3) is 0 Å². The Morgan fingerprint density at radius 2 is 1.95 bits per heavy atom. The minimum Gasteiger partial charge on any atom is -0.367 e. The molecular formula is C16H20BrFO2. The first-order valence-corrected chi connectivity index (χ1v) is 8.02. The van der Waals surface area contributed by atoms with Gasteiger partial charge in [-0.2, -0.15) is 0 Å². The molecule has 0 N–H and O–H groups in total. The predicted molar refractivity (Wildman–Crippen MR) is 80.5 cm³/mol. The molecule has 0 heterocycles. The van der Waals surface area contributed by atoms with E-state index in [4.69, 9.17) is 4.74 Å². The highest BCUT2D eigenvalue weighted by molar-refractivity contribution is 9.10. The molecule has 0 radical (unpaired) electrons. The van der Waals surface area contributed by atoms with Crippen LogP contribution in [0.3, 0.4) is 0 Å². The quantitative estimate of drug-likeness (QED) is 0.574. The monoisotopic (exact) mass is 342 g/mol. The molecule has 0 aromatic heterocycles. The van der Waals surface area contributed by atoms with E-state index in [-0.39, 0.29) is 11.3 Å². The van der Waals surface area contributed by atoms with E-state index in [1.54, 1.807) is 12.1 Å². The van der Waals surface area contributed by atoms with Crippen LogP contribution in [0.5, 0.6) is 0 Å². The van der Waals surface area contributed by atoms with Crippen molar-refractivity contribution in [3.05, 3.63) is 34.1 Å². The van der Waals surface area contributed by atoms with Crippen molar-refractivity contribution < 1.29 is 13.9 Å². The maximum absolute atomic E-state index is 14.0. The van der Waals surface area contributed by atoms with Crippen molar-refractivity contribution in [3.8, 4) is 0 Å². The normalized spacial score (nSPS) is 18.6. The van der Waals surface area contributed by atoms with E-state index in [9.17, 15) is 9.18 Å². The Morgan fingerprint density at radius 1 is 1.30 bits per heavy atom. The van der Waals surface area contributed by atoms with Gasteiger partial charge < -0.3 is 4.74 Å². The highest BCUT2D eigenvalue weighted by Gasteiger charge is 2.40. The second-order valence-electron chi connectivity index (χ2n) is 5.29. The summed E-state index contributed by atoms with van der Waals surface area (Å²) in [6.07, 6.45) is 5.52. The SMILES string of the molecule is CCOC1(C(=O)c2cc(Br)ccc2F)CCCCCC1. The Labute approximate surface area is 127 Å². The molecule has 1 aromatic carbocycles. The van der Waals surface area contributed by atoms with Gasteiger partial charge in [0.15, 0.2) is 5.78 Å². The summed E-state index contributed by atoms with van der Waals surface area (Å²) in [6.45, 7) is 2.36. The number of hydrogen-bond donors (Lipinski definition) is 0. The van der Waals surface area contributed by atoms with Crippen LogP contribution in [-0.2, 0) is 4.74 Å². The second kappa shape index (κ2) is 6.81. The Bertz CT molecular complexity index is 479. The fourth-order valence-electron chi connectivity index (χ4n) is 2.93. The molecular weight excluding hydrogens is 323 g/mol. The summed E-state index contributed by atoms with van der Waals surface area (Å²) in [5.41, 5.74) is -0.706. The minimum atomic E-state index is -0.840. The average molecular weight is 343 g/mol. The largest absolute Gasteiger partial charge is 0.367 e. The van der Waals surface area contributed by atoms with Crippen LogP contribution in [0, 0.1) is 5.82 Å². The van der Waals surface area contributed by atoms with E-state index in [0.717, 1.165) is 25.7 Å². The lowest BCUT2D eigenvalue weighted by Crippen LogP contribution is -2.41. The number of rotatable bonds is 4. The van der Waals surface area contributed by atoms with Crippen molar-refractivity contribution in [2.45, 2.75) is 51.0 Å². The van der Waals surface area contributed by atoms with Crippen molar-refractivity contribution in [2.24, 2.45) is 0 Å². The summed E-state index contributed by atoms with van der Waals surface area (Å²) in [4.78, 5) is 12.9. The molecule has 0 saturated heterocycles. The minimum absolute atomic E-state index is 0.134. The summed E-state index contributed by atoms with van der Waals surface area (Å²) in [6, 6.07) is 4.49. The molecule has 0 unspecified atom stereocenters. The lowest BCUT2D eigenvalue weighted by atomic mass is 9.85. The van der Waals surface area contributed by atoms with Gasteiger partial charge in [0.05, 0.1) is 5.56 Å². The first-order chi connectivity index (χ1) is 9.59. The van der Waals surface area contributed by atoms with Crippen LogP contribution in [0.2, 0.25) is 0 Å². The van der Waals surface area contributed by atoms with E-state index >= 15 is 0 Å². The lowest BCUT2D eigenvalue weighted by molar-refractivity contribution is -0.0295. The van der Waals surface area contributed by atoms with E-state index in [1.807, 2.05) is 6.92 Å². The number of ether oxygens (including phenoxy) is 1. The van der Waals surface area contributed by atoms with Crippen molar-refractivity contribution in [2.75, 3.05) is 6.61 Å². The highest BCUT2D eigenvalue weighted by atomic mass is 79.9. The molecule has 20 heavy (non-hydrogen) atoms. The average Bonchev–Trinajstić information content (AvgIpc) is 2.68. The van der Waals surface area contributed by atoms with E-state index in [2.05, 4.69) is 15.9 Å². The Hall–Kier alpha value is -0.740. The standard InChI is InChI=1S/C16H20BrFO2/c1-2-20-16(9-5-3-4-6-10-16)15(19)13-11-12(17)7-8-14(13)18/h7-8,11H,2-6,9-10H2,1H3. The number of carbonyl (C=O) groups excluding carboxylic acids is 1. The van der Waals surface area contributed by atoms with Crippen LogP contribution >= 0.6 is 15.9 Å². The second-order valence-corrected chi connectivity index (χ2v) is 6.21. The van der Waals surface area contributed by atoms with Crippen LogP contribution < -0.4 is 0 Å². The van der Waals surface area contributed by atoms with Crippen LogP contribution in [-0.4, -0.2) is 18.0 Å². The smallest absolute Gasteiger partial charge is 0.197 e. The van der Waals surface area contributed by atoms with Gasteiger partial charge in [0.1, 0.15) is 11.4 Å². The van der Waals surface area contributed by atoms with Crippen LogP contribution in [0.25, 0.3) is 0 Å². The summed E-state index contributed by atoms with van der Waals surface area (Å²) in [5.74, 6) is -0.679. The van der Waals surface area contributed by atoms with Gasteiger partial charge in [-0.25, -0.2) is 4.39 Å². The van der Waals surface area contributed by atoms with E-state index in [1.165, 1.54) is 6.07 Å². The molecule has 2 rings (SSSR count). The zero-order valence-corrected chi connectivity index (χ0v) is 13.3. The molecule has 1 saturated carbocycles. The van der Waals surface area contributed by atoms with E-state index < -0.39 is 11.4 Å². The number of ketones is 1. The lowest BCUT2D eigenvalue weighted by Gasteiger charge is -2.31. The maximum Gasteiger partial charge on any atom is 0.197 e. The first kappa shape index (κ1) is 15.6. The Balaban J connectivity index is 2.37. The van der Waals surface area contributed by atoms with Crippen molar-refractivity contribution in [3.63, 3.8) is 0 Å². The van der Waals surface area contributed by atoms with Gasteiger partial charge in [0, 0.05) is 11.1 Å². The van der Waals surface area contributed by atoms with E-state index in [0.29, 0.717) is 23.9 Å². The van der Waals surface area contributed by atoms with Crippen LogP contribution in [0.1, 0.15) is 55.8 Å². The van der Waals surface area contributed by atoms with Gasteiger partial charge >= 0.3 is 0 Å². The molecule has 0 aliphatic heterocycles. The molecule has 0 bridgehead atoms. The molecule has 1 aliphatic carbocycles. The molecule has 110 valence electrons. The first-order valence-electron chi connectivity index (χ1n) is 7.23. The highest BCUT2D eigenvalue weighted by Crippen LogP contribution is 2.34. The predicted octanol–water partition coefficient (Wildman–Crippen LogP) is 4.90. The molecule has 2 nitrogen and oxygen atoms in total. The van der Waals surface area contributed by atoms with Crippen molar-refractivity contribution in [1.82, 2.24) is 0 Å². The maximum atomic E-state index is 14.0. The van der Waals surface area contributed by atoms with Gasteiger partial charge in [-0.05, 0) is 38.0 Å². The van der Waals surface area contributed by atoms with Gasteiger partial charge in [-0.3, -0.25) is 4.79 Å². The zero-order chi connectivity index (χ0) is 14.6.